The molecule has 2 nitrogen and oxygen atoms in total. The molecular formula is C25H22NOP. The number of para-hydroxylation sites is 1. The summed E-state index contributed by atoms with van der Waals surface area (Å²) >= 11 is 0. The summed E-state index contributed by atoms with van der Waals surface area (Å²) in [5.41, 5.74) is 1.12. The van der Waals surface area contributed by atoms with Crippen molar-refractivity contribution in [3.8, 4) is 11.5 Å². The van der Waals surface area contributed by atoms with Crippen molar-refractivity contribution < 1.29 is 4.74 Å². The standard InChI is InChI=1S/C25H22NOP/c1-26-24-18-17-21(27-20-11-5-2-6-12-20)19-25(24)28(22-13-7-3-8-14-22)23-15-9-4-10-16-23/h2-19,26H,1H3. The summed E-state index contributed by atoms with van der Waals surface area (Å²) in [4.78, 5) is 0. The fourth-order valence-corrected chi connectivity index (χ4v) is 5.66. The Morgan fingerprint density at radius 3 is 1.68 bits per heavy atom. The second-order valence-electron chi connectivity index (χ2n) is 6.35. The van der Waals surface area contributed by atoms with Gasteiger partial charge in [-0.05, 0) is 48.9 Å². The predicted octanol–water partition coefficient (Wildman–Crippen LogP) is 5.28. The first kappa shape index (κ1) is 18.3. The Kier molecular flexibility index (Phi) is 5.70. The number of rotatable bonds is 6. The van der Waals surface area contributed by atoms with Gasteiger partial charge in [-0.2, -0.15) is 0 Å². The van der Waals surface area contributed by atoms with E-state index >= 15 is 0 Å². The van der Waals surface area contributed by atoms with Crippen LogP contribution in [0.25, 0.3) is 0 Å². The van der Waals surface area contributed by atoms with E-state index in [1.54, 1.807) is 0 Å². The van der Waals surface area contributed by atoms with Crippen LogP contribution >= 0.6 is 7.92 Å². The number of benzene rings is 4. The van der Waals surface area contributed by atoms with Gasteiger partial charge in [0.25, 0.3) is 0 Å². The Labute approximate surface area is 167 Å². The van der Waals surface area contributed by atoms with E-state index in [0.29, 0.717) is 0 Å². The van der Waals surface area contributed by atoms with Gasteiger partial charge in [0.1, 0.15) is 11.5 Å². The van der Waals surface area contributed by atoms with Gasteiger partial charge in [0.2, 0.25) is 0 Å². The van der Waals surface area contributed by atoms with E-state index in [9.17, 15) is 0 Å². The van der Waals surface area contributed by atoms with Crippen molar-refractivity contribution in [2.45, 2.75) is 0 Å². The number of nitrogens with one attached hydrogen (secondary N) is 1. The van der Waals surface area contributed by atoms with Crippen LogP contribution in [0.15, 0.2) is 109 Å². The Hall–Kier alpha value is -3.09. The van der Waals surface area contributed by atoms with Crippen molar-refractivity contribution in [3.05, 3.63) is 109 Å². The number of hydrogen-bond acceptors (Lipinski definition) is 2. The molecule has 4 aromatic carbocycles. The van der Waals surface area contributed by atoms with Crippen LogP contribution in [-0.4, -0.2) is 7.05 Å². The molecular weight excluding hydrogens is 361 g/mol. The molecule has 28 heavy (non-hydrogen) atoms. The topological polar surface area (TPSA) is 21.3 Å². The normalized spacial score (nSPS) is 10.6. The van der Waals surface area contributed by atoms with Gasteiger partial charge < -0.3 is 10.1 Å². The lowest BCUT2D eigenvalue weighted by atomic mass is 10.3. The average Bonchev–Trinajstić information content (AvgIpc) is 2.76. The maximum absolute atomic E-state index is 6.12. The molecule has 0 radical (unpaired) electrons. The molecule has 4 aromatic rings. The minimum absolute atomic E-state index is 0.706. The van der Waals surface area contributed by atoms with E-state index in [2.05, 4.69) is 78.1 Å². The largest absolute Gasteiger partial charge is 0.457 e. The molecule has 0 aliphatic carbocycles. The molecule has 3 heteroatoms. The van der Waals surface area contributed by atoms with Gasteiger partial charge in [-0.25, -0.2) is 0 Å². The number of ether oxygens (including phenoxy) is 1. The van der Waals surface area contributed by atoms with Gasteiger partial charge in [0, 0.05) is 18.0 Å². The van der Waals surface area contributed by atoms with Crippen molar-refractivity contribution in [1.29, 1.82) is 0 Å². The van der Waals surface area contributed by atoms with E-state index in [1.165, 1.54) is 15.9 Å². The van der Waals surface area contributed by atoms with Crippen LogP contribution in [0.3, 0.4) is 0 Å². The quantitative estimate of drug-likeness (QED) is 0.458. The van der Waals surface area contributed by atoms with Gasteiger partial charge in [-0.1, -0.05) is 78.9 Å². The fraction of sp³-hybridized carbons (Fsp3) is 0.0400. The highest BCUT2D eigenvalue weighted by Crippen LogP contribution is 2.37. The lowest BCUT2D eigenvalue weighted by Gasteiger charge is -2.23. The summed E-state index contributed by atoms with van der Waals surface area (Å²) in [6.45, 7) is 0. The lowest BCUT2D eigenvalue weighted by molar-refractivity contribution is 0.483. The summed E-state index contributed by atoms with van der Waals surface area (Å²) in [7, 11) is 1.27. The van der Waals surface area contributed by atoms with Crippen LogP contribution in [0.5, 0.6) is 11.5 Å². The maximum Gasteiger partial charge on any atom is 0.128 e. The zero-order valence-electron chi connectivity index (χ0n) is 15.7. The third kappa shape index (κ3) is 4.08. The molecule has 0 aliphatic heterocycles. The zero-order chi connectivity index (χ0) is 19.2. The molecule has 0 atom stereocenters. The third-order valence-corrected chi connectivity index (χ3v) is 6.97. The number of hydrogen-bond donors (Lipinski definition) is 1. The second kappa shape index (κ2) is 8.73. The minimum atomic E-state index is -0.706. The SMILES string of the molecule is CNc1ccc(Oc2ccccc2)cc1P(c1ccccc1)c1ccccc1. The maximum atomic E-state index is 6.12. The molecule has 0 aromatic heterocycles. The fourth-order valence-electron chi connectivity index (χ4n) is 3.18. The molecule has 0 saturated carbocycles. The van der Waals surface area contributed by atoms with E-state index in [0.717, 1.165) is 17.2 Å². The molecule has 1 N–H and O–H groups in total. The lowest BCUT2D eigenvalue weighted by Crippen LogP contribution is -2.22. The first-order valence-electron chi connectivity index (χ1n) is 9.30. The van der Waals surface area contributed by atoms with Crippen LogP contribution in [0.4, 0.5) is 5.69 Å². The van der Waals surface area contributed by atoms with Crippen LogP contribution in [-0.2, 0) is 0 Å². The molecule has 4 rings (SSSR count). The molecule has 0 bridgehead atoms. The highest BCUT2D eigenvalue weighted by Gasteiger charge is 2.20. The molecule has 0 aliphatic rings. The second-order valence-corrected chi connectivity index (χ2v) is 8.54. The Morgan fingerprint density at radius 2 is 1.14 bits per heavy atom. The predicted molar refractivity (Wildman–Crippen MR) is 121 cm³/mol. The molecule has 0 spiro atoms. The van der Waals surface area contributed by atoms with Gasteiger partial charge in [-0.15, -0.1) is 0 Å². The Balaban J connectivity index is 1.82. The monoisotopic (exact) mass is 383 g/mol. The van der Waals surface area contributed by atoms with Crippen LogP contribution in [0.2, 0.25) is 0 Å². The van der Waals surface area contributed by atoms with E-state index in [-0.39, 0.29) is 0 Å². The van der Waals surface area contributed by atoms with Crippen LogP contribution in [0.1, 0.15) is 0 Å². The van der Waals surface area contributed by atoms with Crippen molar-refractivity contribution >= 4 is 29.5 Å². The van der Waals surface area contributed by atoms with Crippen molar-refractivity contribution in [2.75, 3.05) is 12.4 Å². The van der Waals surface area contributed by atoms with E-state index in [4.69, 9.17) is 4.74 Å². The van der Waals surface area contributed by atoms with Gasteiger partial charge in [0.15, 0.2) is 0 Å². The molecule has 0 saturated heterocycles. The summed E-state index contributed by atoms with van der Waals surface area (Å²) in [6, 6.07) is 37.6. The zero-order valence-corrected chi connectivity index (χ0v) is 16.6. The van der Waals surface area contributed by atoms with Crippen molar-refractivity contribution in [2.24, 2.45) is 0 Å². The molecule has 0 amide bonds. The smallest absolute Gasteiger partial charge is 0.128 e. The number of anilines is 1. The molecule has 0 heterocycles. The summed E-state index contributed by atoms with van der Waals surface area (Å²) in [5, 5.41) is 7.25. The van der Waals surface area contributed by atoms with E-state index < -0.39 is 7.92 Å². The van der Waals surface area contributed by atoms with Gasteiger partial charge >= 0.3 is 0 Å². The van der Waals surface area contributed by atoms with Crippen molar-refractivity contribution in [3.63, 3.8) is 0 Å². The minimum Gasteiger partial charge on any atom is -0.457 e. The highest BCUT2D eigenvalue weighted by atomic mass is 31.1. The summed E-state index contributed by atoms with van der Waals surface area (Å²) in [6.07, 6.45) is 0. The third-order valence-electron chi connectivity index (χ3n) is 4.49. The molecule has 0 unspecified atom stereocenters. The average molecular weight is 383 g/mol. The Morgan fingerprint density at radius 1 is 0.607 bits per heavy atom. The first-order chi connectivity index (χ1) is 13.8. The van der Waals surface area contributed by atoms with Gasteiger partial charge in [0.05, 0.1) is 0 Å². The Bertz CT molecular complexity index is 981. The molecule has 138 valence electrons. The van der Waals surface area contributed by atoms with Crippen molar-refractivity contribution in [1.82, 2.24) is 0 Å². The van der Waals surface area contributed by atoms with Gasteiger partial charge in [-0.3, -0.25) is 0 Å². The van der Waals surface area contributed by atoms with Crippen LogP contribution < -0.4 is 26.0 Å². The van der Waals surface area contributed by atoms with E-state index in [1.807, 2.05) is 43.4 Å². The first-order valence-corrected chi connectivity index (χ1v) is 10.6. The molecule has 0 fully saturated rings. The highest BCUT2D eigenvalue weighted by molar-refractivity contribution is 7.80. The van der Waals surface area contributed by atoms with Crippen LogP contribution in [0, 0.1) is 0 Å². The summed E-state index contributed by atoms with van der Waals surface area (Å²) in [5.74, 6) is 1.69. The summed E-state index contributed by atoms with van der Waals surface area (Å²) < 4.78 is 6.12.